The van der Waals surface area contributed by atoms with E-state index in [4.69, 9.17) is 14.2 Å². The summed E-state index contributed by atoms with van der Waals surface area (Å²) in [5, 5.41) is 5.31. The fourth-order valence-corrected chi connectivity index (χ4v) is 2.25. The van der Waals surface area contributed by atoms with E-state index in [0.29, 0.717) is 17.2 Å². The molecular formula is C20H24N2O5. The Hall–Kier alpha value is -3.22. The molecule has 27 heavy (non-hydrogen) atoms. The summed E-state index contributed by atoms with van der Waals surface area (Å²) in [4.78, 5) is 24.6. The van der Waals surface area contributed by atoms with E-state index in [1.165, 1.54) is 7.11 Å². The topological polar surface area (TPSA) is 85.9 Å². The van der Waals surface area contributed by atoms with Crippen LogP contribution in [0, 0.1) is 0 Å². The average molecular weight is 372 g/mol. The van der Waals surface area contributed by atoms with Gasteiger partial charge in [0.25, 0.3) is 0 Å². The number of amides is 2. The fourth-order valence-electron chi connectivity index (χ4n) is 2.25. The number of rotatable bonds is 7. The highest BCUT2D eigenvalue weighted by Crippen LogP contribution is 2.29. The number of anilines is 1. The zero-order valence-corrected chi connectivity index (χ0v) is 15.9. The molecule has 2 aromatic carbocycles. The number of carbonyl (C=O) groups excluding carboxylic acids is 2. The van der Waals surface area contributed by atoms with Crippen LogP contribution in [0.2, 0.25) is 0 Å². The first-order chi connectivity index (χ1) is 12.9. The van der Waals surface area contributed by atoms with E-state index >= 15 is 0 Å². The van der Waals surface area contributed by atoms with Gasteiger partial charge in [-0.25, -0.2) is 4.79 Å². The van der Waals surface area contributed by atoms with E-state index in [2.05, 4.69) is 10.6 Å². The molecule has 0 heterocycles. The van der Waals surface area contributed by atoms with Crippen LogP contribution >= 0.6 is 0 Å². The van der Waals surface area contributed by atoms with E-state index < -0.39 is 17.5 Å². The summed E-state index contributed by atoms with van der Waals surface area (Å²) in [6.45, 7) is 3.29. The van der Waals surface area contributed by atoms with Gasteiger partial charge in [0.1, 0.15) is 23.6 Å². The zero-order chi connectivity index (χ0) is 19.9. The number of hydrogen-bond acceptors (Lipinski definition) is 5. The van der Waals surface area contributed by atoms with Crippen molar-refractivity contribution in [3.63, 3.8) is 0 Å². The first kappa shape index (κ1) is 20.1. The Morgan fingerprint density at radius 1 is 1.00 bits per heavy atom. The van der Waals surface area contributed by atoms with Crippen molar-refractivity contribution in [1.82, 2.24) is 5.32 Å². The lowest BCUT2D eigenvalue weighted by molar-refractivity contribution is -0.121. The Morgan fingerprint density at radius 2 is 1.70 bits per heavy atom. The Bertz CT molecular complexity index is 790. The second kappa shape index (κ2) is 8.93. The molecule has 2 amide bonds. The Kier molecular flexibility index (Phi) is 6.65. The number of carbonyl (C=O) groups is 2. The van der Waals surface area contributed by atoms with Crippen LogP contribution in [0.3, 0.4) is 0 Å². The van der Waals surface area contributed by atoms with Gasteiger partial charge in [0.15, 0.2) is 0 Å². The predicted molar refractivity (Wildman–Crippen MR) is 102 cm³/mol. The van der Waals surface area contributed by atoms with Gasteiger partial charge in [-0.05, 0) is 31.5 Å². The van der Waals surface area contributed by atoms with Gasteiger partial charge in [-0.3, -0.25) is 4.79 Å². The van der Waals surface area contributed by atoms with Crippen molar-refractivity contribution in [1.29, 1.82) is 0 Å². The van der Waals surface area contributed by atoms with Crippen molar-refractivity contribution in [2.24, 2.45) is 0 Å². The maximum Gasteiger partial charge on any atom is 0.408 e. The molecule has 144 valence electrons. The first-order valence-electron chi connectivity index (χ1n) is 8.38. The number of ether oxygens (including phenoxy) is 3. The number of hydrogen-bond donors (Lipinski definition) is 2. The Balaban J connectivity index is 1.97. The van der Waals surface area contributed by atoms with Crippen LogP contribution in [-0.4, -0.2) is 31.8 Å². The molecular weight excluding hydrogens is 348 g/mol. The number of nitrogens with one attached hydrogen (secondary N) is 2. The Labute approximate surface area is 158 Å². The molecule has 2 rings (SSSR count). The number of methoxy groups -OCH3 is 2. The van der Waals surface area contributed by atoms with Crippen molar-refractivity contribution in [3.05, 3.63) is 54.1 Å². The second-order valence-corrected chi connectivity index (χ2v) is 6.33. The van der Waals surface area contributed by atoms with Gasteiger partial charge < -0.3 is 24.8 Å². The maximum absolute atomic E-state index is 12.6. The third-order valence-electron chi connectivity index (χ3n) is 3.85. The van der Waals surface area contributed by atoms with Crippen LogP contribution < -0.4 is 20.1 Å². The molecule has 7 nitrogen and oxygen atoms in total. The lowest BCUT2D eigenvalue weighted by Gasteiger charge is -2.25. The van der Waals surface area contributed by atoms with E-state index in [-0.39, 0.29) is 6.61 Å². The molecule has 0 fully saturated rings. The van der Waals surface area contributed by atoms with Crippen LogP contribution in [0.1, 0.15) is 19.4 Å². The normalized spacial score (nSPS) is 10.7. The van der Waals surface area contributed by atoms with Gasteiger partial charge in [0.2, 0.25) is 5.91 Å². The van der Waals surface area contributed by atoms with Crippen molar-refractivity contribution in [2.75, 3.05) is 19.5 Å². The van der Waals surface area contributed by atoms with Crippen molar-refractivity contribution >= 4 is 17.7 Å². The molecule has 0 aliphatic heterocycles. The molecule has 7 heteroatoms. The largest absolute Gasteiger partial charge is 0.497 e. The highest BCUT2D eigenvalue weighted by Gasteiger charge is 2.31. The summed E-state index contributed by atoms with van der Waals surface area (Å²) in [6, 6.07) is 14.3. The molecule has 0 bridgehead atoms. The zero-order valence-electron chi connectivity index (χ0n) is 15.9. The van der Waals surface area contributed by atoms with E-state index in [1.54, 1.807) is 39.2 Å². The van der Waals surface area contributed by atoms with Gasteiger partial charge >= 0.3 is 6.09 Å². The minimum Gasteiger partial charge on any atom is -0.497 e. The van der Waals surface area contributed by atoms with Gasteiger partial charge in [0.05, 0.1) is 19.9 Å². The minimum atomic E-state index is -1.20. The highest BCUT2D eigenvalue weighted by atomic mass is 16.5. The van der Waals surface area contributed by atoms with Crippen LogP contribution in [-0.2, 0) is 16.1 Å². The third-order valence-corrected chi connectivity index (χ3v) is 3.85. The summed E-state index contributed by atoms with van der Waals surface area (Å²) in [5.41, 5.74) is 0.132. The average Bonchev–Trinajstić information content (AvgIpc) is 2.67. The van der Waals surface area contributed by atoms with Crippen LogP contribution in [0.15, 0.2) is 48.5 Å². The molecule has 0 aliphatic rings. The molecule has 0 radical (unpaired) electrons. The maximum atomic E-state index is 12.6. The monoisotopic (exact) mass is 372 g/mol. The smallest absolute Gasteiger partial charge is 0.408 e. The summed E-state index contributed by atoms with van der Waals surface area (Å²) in [5.74, 6) is 0.638. The SMILES string of the molecule is COc1ccc(NC(=O)C(C)(C)NC(=O)OCc2ccccc2)c(OC)c1. The first-order valence-corrected chi connectivity index (χ1v) is 8.38. The molecule has 0 atom stereocenters. The Morgan fingerprint density at radius 3 is 2.33 bits per heavy atom. The number of benzene rings is 2. The van der Waals surface area contributed by atoms with Crippen molar-refractivity contribution in [2.45, 2.75) is 26.0 Å². The number of alkyl carbamates (subject to hydrolysis) is 1. The minimum absolute atomic E-state index is 0.122. The lowest BCUT2D eigenvalue weighted by atomic mass is 10.0. The fraction of sp³-hybridized carbons (Fsp3) is 0.300. The summed E-state index contributed by atoms with van der Waals surface area (Å²) < 4.78 is 15.6. The summed E-state index contributed by atoms with van der Waals surface area (Å²) >= 11 is 0. The van der Waals surface area contributed by atoms with Crippen LogP contribution in [0.5, 0.6) is 11.5 Å². The molecule has 0 saturated carbocycles. The van der Waals surface area contributed by atoms with Gasteiger partial charge in [-0.15, -0.1) is 0 Å². The molecule has 0 spiro atoms. The van der Waals surface area contributed by atoms with Gasteiger partial charge in [-0.1, -0.05) is 30.3 Å². The molecule has 0 unspecified atom stereocenters. The molecule has 0 saturated heterocycles. The van der Waals surface area contributed by atoms with Gasteiger partial charge in [-0.2, -0.15) is 0 Å². The summed E-state index contributed by atoms with van der Waals surface area (Å²) in [7, 11) is 3.04. The van der Waals surface area contributed by atoms with Crippen LogP contribution in [0.25, 0.3) is 0 Å². The standard InChI is InChI=1S/C20H24N2O5/c1-20(2,22-19(24)27-13-14-8-6-5-7-9-14)18(23)21-16-11-10-15(25-3)12-17(16)26-4/h5-12H,13H2,1-4H3,(H,21,23)(H,22,24). The lowest BCUT2D eigenvalue weighted by Crippen LogP contribution is -2.52. The molecule has 2 aromatic rings. The van der Waals surface area contributed by atoms with Crippen LogP contribution in [0.4, 0.5) is 10.5 Å². The second-order valence-electron chi connectivity index (χ2n) is 6.33. The van der Waals surface area contributed by atoms with Gasteiger partial charge in [0, 0.05) is 6.07 Å². The predicted octanol–water partition coefficient (Wildman–Crippen LogP) is 3.35. The quantitative estimate of drug-likeness (QED) is 0.778. The van der Waals surface area contributed by atoms with Crippen molar-refractivity contribution < 1.29 is 23.8 Å². The molecule has 0 aliphatic carbocycles. The summed E-state index contributed by atoms with van der Waals surface area (Å²) in [6.07, 6.45) is -0.680. The highest BCUT2D eigenvalue weighted by molar-refractivity contribution is 6.00. The van der Waals surface area contributed by atoms with E-state index in [9.17, 15) is 9.59 Å². The third kappa shape index (κ3) is 5.64. The van der Waals surface area contributed by atoms with E-state index in [1.807, 2.05) is 30.3 Å². The van der Waals surface area contributed by atoms with E-state index in [0.717, 1.165) is 5.56 Å². The van der Waals surface area contributed by atoms with Crippen molar-refractivity contribution in [3.8, 4) is 11.5 Å². The molecule has 2 N–H and O–H groups in total. The molecule has 0 aromatic heterocycles.